The first-order valence-electron chi connectivity index (χ1n) is 6.65. The molecule has 0 spiro atoms. The molecule has 3 rings (SSSR count). The predicted octanol–water partition coefficient (Wildman–Crippen LogP) is 3.07. The van der Waals surface area contributed by atoms with E-state index in [-0.39, 0.29) is 11.9 Å². The zero-order chi connectivity index (χ0) is 13.4. The number of hydrogen-bond donors (Lipinski definition) is 1. The zero-order valence-corrected chi connectivity index (χ0v) is 12.9. The first-order valence-corrected chi connectivity index (χ1v) is 7.82. The number of carbonyl (C=O) groups is 1. The van der Waals surface area contributed by atoms with Crippen molar-refractivity contribution in [3.63, 3.8) is 0 Å². The van der Waals surface area contributed by atoms with Gasteiger partial charge >= 0.3 is 0 Å². The number of fused-ring (bicyclic) bond motifs is 1. The summed E-state index contributed by atoms with van der Waals surface area (Å²) in [5, 5.41) is 3.73. The number of hydrogen-bond acceptors (Lipinski definition) is 2. The number of amides is 1. The van der Waals surface area contributed by atoms with E-state index in [1.54, 1.807) is 12.1 Å². The minimum absolute atomic E-state index is 0.0202. The van der Waals surface area contributed by atoms with Crippen molar-refractivity contribution in [2.45, 2.75) is 31.3 Å². The van der Waals surface area contributed by atoms with E-state index >= 15 is 0 Å². The molecule has 2 saturated heterocycles. The molecule has 1 aromatic carbocycles. The Hall–Kier alpha value is -0.580. The van der Waals surface area contributed by atoms with Crippen LogP contribution >= 0.6 is 27.5 Å². The molecule has 0 aliphatic carbocycles. The minimum atomic E-state index is -0.0202. The average Bonchev–Trinajstić information content (AvgIpc) is 2.97. The van der Waals surface area contributed by atoms with Crippen molar-refractivity contribution in [2.75, 3.05) is 13.1 Å². The molecule has 0 aromatic heterocycles. The summed E-state index contributed by atoms with van der Waals surface area (Å²) in [4.78, 5) is 14.7. The van der Waals surface area contributed by atoms with Gasteiger partial charge in [-0.15, -0.1) is 0 Å². The van der Waals surface area contributed by atoms with Gasteiger partial charge < -0.3 is 5.32 Å². The van der Waals surface area contributed by atoms with Crippen LogP contribution in [0.5, 0.6) is 0 Å². The van der Waals surface area contributed by atoms with Crippen molar-refractivity contribution in [2.24, 2.45) is 0 Å². The van der Waals surface area contributed by atoms with E-state index in [4.69, 9.17) is 11.6 Å². The number of halogens is 2. The van der Waals surface area contributed by atoms with Crippen LogP contribution in [0.3, 0.4) is 0 Å². The lowest BCUT2D eigenvalue weighted by molar-refractivity contribution is 0.0929. The highest BCUT2D eigenvalue weighted by Gasteiger charge is 2.37. The molecule has 2 aliphatic heterocycles. The second kappa shape index (κ2) is 5.43. The molecule has 0 radical (unpaired) electrons. The molecule has 2 aliphatic rings. The fraction of sp³-hybridized carbons (Fsp3) is 0.500. The Morgan fingerprint density at radius 1 is 1.37 bits per heavy atom. The van der Waals surface area contributed by atoms with E-state index in [9.17, 15) is 4.79 Å². The standard InChI is InChI=1S/C14H16BrClN2O/c15-10-4-3-9(8-11(10)16)14(19)17-12-5-7-18-6-1-2-13(12)18/h3-4,8,12-13H,1-2,5-7H2,(H,17,19). The second-order valence-corrected chi connectivity index (χ2v) is 6.50. The minimum Gasteiger partial charge on any atom is -0.348 e. The molecule has 0 saturated carbocycles. The maximum atomic E-state index is 12.2. The summed E-state index contributed by atoms with van der Waals surface area (Å²) in [5.74, 6) is -0.0202. The molecule has 2 fully saturated rings. The van der Waals surface area contributed by atoms with Gasteiger partial charge in [-0.1, -0.05) is 11.6 Å². The topological polar surface area (TPSA) is 32.3 Å². The maximum Gasteiger partial charge on any atom is 0.251 e. The highest BCUT2D eigenvalue weighted by molar-refractivity contribution is 9.10. The average molecular weight is 344 g/mol. The smallest absolute Gasteiger partial charge is 0.251 e. The molecule has 2 heterocycles. The highest BCUT2D eigenvalue weighted by Crippen LogP contribution is 2.28. The molecule has 19 heavy (non-hydrogen) atoms. The lowest BCUT2D eigenvalue weighted by Gasteiger charge is -2.21. The first-order chi connectivity index (χ1) is 9.15. The van der Waals surface area contributed by atoms with Gasteiger partial charge in [0.2, 0.25) is 0 Å². The third-order valence-electron chi connectivity index (χ3n) is 4.10. The van der Waals surface area contributed by atoms with Gasteiger partial charge in [-0.25, -0.2) is 0 Å². The van der Waals surface area contributed by atoms with Crippen LogP contribution in [0.1, 0.15) is 29.6 Å². The van der Waals surface area contributed by atoms with E-state index < -0.39 is 0 Å². The Morgan fingerprint density at radius 3 is 3.00 bits per heavy atom. The Balaban J connectivity index is 1.69. The van der Waals surface area contributed by atoms with Gasteiger partial charge in [0.25, 0.3) is 5.91 Å². The highest BCUT2D eigenvalue weighted by atomic mass is 79.9. The number of benzene rings is 1. The van der Waals surface area contributed by atoms with Crippen LogP contribution < -0.4 is 5.32 Å². The summed E-state index contributed by atoms with van der Waals surface area (Å²) in [6.45, 7) is 2.29. The van der Waals surface area contributed by atoms with Crippen LogP contribution in [0.2, 0.25) is 5.02 Å². The van der Waals surface area contributed by atoms with Gasteiger partial charge in [0.1, 0.15) is 0 Å². The van der Waals surface area contributed by atoms with E-state index in [0.717, 1.165) is 17.4 Å². The third-order valence-corrected chi connectivity index (χ3v) is 5.34. The molecular formula is C14H16BrClN2O. The summed E-state index contributed by atoms with van der Waals surface area (Å²) >= 11 is 9.36. The van der Waals surface area contributed by atoms with Gasteiger partial charge in [0.15, 0.2) is 0 Å². The van der Waals surface area contributed by atoms with Crippen LogP contribution in [0, 0.1) is 0 Å². The molecule has 2 unspecified atom stereocenters. The molecule has 102 valence electrons. The quantitative estimate of drug-likeness (QED) is 0.895. The number of nitrogens with one attached hydrogen (secondary N) is 1. The Bertz CT molecular complexity index is 508. The van der Waals surface area contributed by atoms with Gasteiger partial charge in [0, 0.05) is 28.7 Å². The SMILES string of the molecule is O=C(NC1CCN2CCCC12)c1ccc(Br)c(Cl)c1. The summed E-state index contributed by atoms with van der Waals surface area (Å²) in [7, 11) is 0. The molecule has 1 amide bonds. The fourth-order valence-corrected chi connectivity index (χ4v) is 3.57. The molecule has 5 heteroatoms. The maximum absolute atomic E-state index is 12.2. The monoisotopic (exact) mass is 342 g/mol. The molecule has 0 bridgehead atoms. The summed E-state index contributed by atoms with van der Waals surface area (Å²) in [5.41, 5.74) is 0.629. The van der Waals surface area contributed by atoms with Crippen molar-refractivity contribution >= 4 is 33.4 Å². The van der Waals surface area contributed by atoms with Crippen LogP contribution in [0.15, 0.2) is 22.7 Å². The van der Waals surface area contributed by atoms with Crippen molar-refractivity contribution in [3.8, 4) is 0 Å². The Kier molecular flexibility index (Phi) is 3.83. The molecular weight excluding hydrogens is 328 g/mol. The molecule has 1 N–H and O–H groups in total. The van der Waals surface area contributed by atoms with Crippen molar-refractivity contribution in [1.82, 2.24) is 10.2 Å². The van der Waals surface area contributed by atoms with Gasteiger partial charge in [0.05, 0.1) is 5.02 Å². The predicted molar refractivity (Wildman–Crippen MR) is 79.6 cm³/mol. The normalized spacial score (nSPS) is 26.4. The van der Waals surface area contributed by atoms with E-state index in [2.05, 4.69) is 26.1 Å². The number of carbonyl (C=O) groups excluding carboxylic acids is 1. The lowest BCUT2D eigenvalue weighted by Crippen LogP contribution is -2.42. The van der Waals surface area contributed by atoms with Crippen LogP contribution in [0.4, 0.5) is 0 Å². The van der Waals surface area contributed by atoms with Crippen molar-refractivity contribution in [3.05, 3.63) is 33.3 Å². The van der Waals surface area contributed by atoms with Gasteiger partial charge in [-0.3, -0.25) is 9.69 Å². The second-order valence-electron chi connectivity index (χ2n) is 5.24. The van der Waals surface area contributed by atoms with E-state index in [0.29, 0.717) is 16.6 Å². The fourth-order valence-electron chi connectivity index (χ4n) is 3.14. The zero-order valence-electron chi connectivity index (χ0n) is 10.5. The third kappa shape index (κ3) is 2.67. The molecule has 2 atom stereocenters. The Morgan fingerprint density at radius 2 is 2.21 bits per heavy atom. The van der Waals surface area contributed by atoms with Crippen molar-refractivity contribution in [1.29, 1.82) is 0 Å². The first kappa shape index (κ1) is 13.4. The van der Waals surface area contributed by atoms with Crippen LogP contribution in [-0.2, 0) is 0 Å². The van der Waals surface area contributed by atoms with Gasteiger partial charge in [-0.05, 0) is 59.9 Å². The van der Waals surface area contributed by atoms with E-state index in [1.807, 2.05) is 6.07 Å². The lowest BCUT2D eigenvalue weighted by atomic mass is 10.1. The summed E-state index contributed by atoms with van der Waals surface area (Å²) in [6.07, 6.45) is 3.51. The van der Waals surface area contributed by atoms with Crippen LogP contribution in [0.25, 0.3) is 0 Å². The van der Waals surface area contributed by atoms with E-state index in [1.165, 1.54) is 19.4 Å². The Labute approximate surface area is 126 Å². The van der Waals surface area contributed by atoms with Gasteiger partial charge in [-0.2, -0.15) is 0 Å². The molecule has 3 nitrogen and oxygen atoms in total. The largest absolute Gasteiger partial charge is 0.348 e. The van der Waals surface area contributed by atoms with Crippen LogP contribution in [-0.4, -0.2) is 36.0 Å². The summed E-state index contributed by atoms with van der Waals surface area (Å²) in [6, 6.07) is 6.15. The number of rotatable bonds is 2. The molecule has 1 aromatic rings. The summed E-state index contributed by atoms with van der Waals surface area (Å²) < 4.78 is 0.813. The van der Waals surface area contributed by atoms with Crippen molar-refractivity contribution < 1.29 is 4.79 Å². The number of nitrogens with zero attached hydrogens (tertiary/aromatic N) is 1.